The van der Waals surface area contributed by atoms with Gasteiger partial charge in [-0.3, -0.25) is 0 Å². The van der Waals surface area contributed by atoms with Crippen molar-refractivity contribution in [1.82, 2.24) is 4.57 Å². The third-order valence-corrected chi connectivity index (χ3v) is 3.59. The molecule has 0 N–H and O–H groups in total. The van der Waals surface area contributed by atoms with Gasteiger partial charge in [0.25, 0.3) is 0 Å². The molecule has 0 spiro atoms. The van der Waals surface area contributed by atoms with E-state index < -0.39 is 0 Å². The Morgan fingerprint density at radius 2 is 1.59 bits per heavy atom. The third-order valence-electron chi connectivity index (χ3n) is 3.59. The minimum absolute atomic E-state index is 0.560. The summed E-state index contributed by atoms with van der Waals surface area (Å²) in [6.07, 6.45) is 0. The Balaban J connectivity index is 2.59. The molecule has 0 amide bonds. The van der Waals surface area contributed by atoms with Crippen LogP contribution in [0.2, 0.25) is 0 Å². The molecule has 1 nitrogen and oxygen atoms in total. The molecule has 0 atom stereocenters. The van der Waals surface area contributed by atoms with Gasteiger partial charge in [0.05, 0.1) is 0 Å². The quantitative estimate of drug-likeness (QED) is 0.574. The van der Waals surface area contributed by atoms with Crippen molar-refractivity contribution < 1.29 is 0 Å². The van der Waals surface area contributed by atoms with E-state index >= 15 is 0 Å². The minimum Gasteiger partial charge on any atom is -0.344 e. The molecule has 1 aromatic heterocycles. The minimum atomic E-state index is 0.560. The Hall–Kier alpha value is -1.76. The lowest BCUT2D eigenvalue weighted by atomic mass is 9.97. The van der Waals surface area contributed by atoms with E-state index in [4.69, 9.17) is 0 Å². The maximum Gasteiger partial charge on any atom is 0.0491 e. The van der Waals surface area contributed by atoms with E-state index in [0.29, 0.717) is 5.92 Å². The molecule has 0 aliphatic rings. The second-order valence-corrected chi connectivity index (χ2v) is 4.97. The molecule has 17 heavy (non-hydrogen) atoms. The lowest BCUT2D eigenvalue weighted by Gasteiger charge is -2.07. The summed E-state index contributed by atoms with van der Waals surface area (Å²) in [7, 11) is 2.15. The van der Waals surface area contributed by atoms with E-state index in [0.717, 1.165) is 0 Å². The molecular formula is C16H17N. The summed E-state index contributed by atoms with van der Waals surface area (Å²) in [5, 5.41) is 2.79. The Bertz CT molecular complexity index is 689. The number of nitrogens with zero attached hydrogens (tertiary/aromatic N) is 1. The van der Waals surface area contributed by atoms with Crippen molar-refractivity contribution in [2.24, 2.45) is 7.05 Å². The van der Waals surface area contributed by atoms with Gasteiger partial charge in [0, 0.05) is 28.9 Å². The van der Waals surface area contributed by atoms with Crippen molar-refractivity contribution in [1.29, 1.82) is 0 Å². The van der Waals surface area contributed by atoms with E-state index in [2.05, 4.69) is 67.9 Å². The van der Waals surface area contributed by atoms with Crippen molar-refractivity contribution in [2.75, 3.05) is 0 Å². The summed E-state index contributed by atoms with van der Waals surface area (Å²) in [5.74, 6) is 0.560. The van der Waals surface area contributed by atoms with Crippen LogP contribution >= 0.6 is 0 Å². The molecule has 0 fully saturated rings. The summed E-state index contributed by atoms with van der Waals surface area (Å²) < 4.78 is 2.29. The molecule has 1 heterocycles. The molecule has 86 valence electrons. The number of hydrogen-bond donors (Lipinski definition) is 0. The van der Waals surface area contributed by atoms with E-state index in [9.17, 15) is 0 Å². The highest BCUT2D eigenvalue weighted by molar-refractivity contribution is 6.09. The van der Waals surface area contributed by atoms with Gasteiger partial charge in [-0.25, -0.2) is 0 Å². The van der Waals surface area contributed by atoms with Crippen LogP contribution in [-0.2, 0) is 7.05 Å². The highest BCUT2D eigenvalue weighted by Gasteiger charge is 2.12. The zero-order valence-electron chi connectivity index (χ0n) is 10.6. The fourth-order valence-electron chi connectivity index (χ4n) is 2.72. The van der Waals surface area contributed by atoms with Crippen LogP contribution < -0.4 is 0 Å². The van der Waals surface area contributed by atoms with Crippen LogP contribution in [0.25, 0.3) is 21.8 Å². The van der Waals surface area contributed by atoms with E-state index in [1.807, 2.05) is 0 Å². The van der Waals surface area contributed by atoms with Gasteiger partial charge in [-0.1, -0.05) is 44.2 Å². The maximum atomic E-state index is 2.29. The van der Waals surface area contributed by atoms with Crippen molar-refractivity contribution in [3.63, 3.8) is 0 Å². The van der Waals surface area contributed by atoms with Crippen LogP contribution in [0.4, 0.5) is 0 Å². The topological polar surface area (TPSA) is 4.93 Å². The van der Waals surface area contributed by atoms with Gasteiger partial charge < -0.3 is 4.57 Å². The third kappa shape index (κ3) is 1.39. The summed E-state index contributed by atoms with van der Waals surface area (Å²) in [4.78, 5) is 0. The van der Waals surface area contributed by atoms with Gasteiger partial charge >= 0.3 is 0 Å². The Morgan fingerprint density at radius 1 is 0.882 bits per heavy atom. The number of aryl methyl sites for hydroxylation is 1. The lowest BCUT2D eigenvalue weighted by molar-refractivity contribution is 0.876. The number of rotatable bonds is 1. The predicted octanol–water partition coefficient (Wildman–Crippen LogP) is 4.45. The first kappa shape index (κ1) is 10.4. The molecule has 0 radical (unpaired) electrons. The smallest absolute Gasteiger partial charge is 0.0491 e. The first-order valence-corrected chi connectivity index (χ1v) is 6.16. The second kappa shape index (κ2) is 3.63. The van der Waals surface area contributed by atoms with Crippen molar-refractivity contribution in [2.45, 2.75) is 19.8 Å². The first-order chi connectivity index (χ1) is 8.20. The maximum absolute atomic E-state index is 2.29. The number of benzene rings is 2. The standard InChI is InChI=1S/C16H17N/c1-11(2)12-8-6-10-15-16(12)13-7-4-5-9-14(13)17(15)3/h4-11H,1-3H3. The average Bonchev–Trinajstić information content (AvgIpc) is 2.64. The molecular weight excluding hydrogens is 206 g/mol. The second-order valence-electron chi connectivity index (χ2n) is 4.97. The average molecular weight is 223 g/mol. The van der Waals surface area contributed by atoms with E-state index in [1.54, 1.807) is 0 Å². The van der Waals surface area contributed by atoms with E-state index in [1.165, 1.54) is 27.4 Å². The Morgan fingerprint density at radius 3 is 2.35 bits per heavy atom. The highest BCUT2D eigenvalue weighted by Crippen LogP contribution is 2.33. The van der Waals surface area contributed by atoms with Gasteiger partial charge in [-0.2, -0.15) is 0 Å². The van der Waals surface area contributed by atoms with Crippen LogP contribution in [0.3, 0.4) is 0 Å². The van der Waals surface area contributed by atoms with Crippen LogP contribution in [0.5, 0.6) is 0 Å². The number of hydrogen-bond acceptors (Lipinski definition) is 0. The SMILES string of the molecule is CC(C)c1cccc2c1c1ccccc1n2C. The zero-order valence-corrected chi connectivity index (χ0v) is 10.6. The molecule has 2 aromatic carbocycles. The fraction of sp³-hybridized carbons (Fsp3) is 0.250. The number of aromatic nitrogens is 1. The van der Waals surface area contributed by atoms with Crippen molar-refractivity contribution in [3.05, 3.63) is 48.0 Å². The Labute approximate surface area is 102 Å². The zero-order chi connectivity index (χ0) is 12.0. The molecule has 3 rings (SSSR count). The number of para-hydroxylation sites is 1. The number of fused-ring (bicyclic) bond motifs is 3. The van der Waals surface area contributed by atoms with Gasteiger partial charge in [-0.15, -0.1) is 0 Å². The summed E-state index contributed by atoms with van der Waals surface area (Å²) in [6, 6.07) is 15.3. The molecule has 0 saturated carbocycles. The molecule has 0 aliphatic carbocycles. The summed E-state index contributed by atoms with van der Waals surface area (Å²) in [6.45, 7) is 4.52. The van der Waals surface area contributed by atoms with Gasteiger partial charge in [0.1, 0.15) is 0 Å². The first-order valence-electron chi connectivity index (χ1n) is 6.16. The summed E-state index contributed by atoms with van der Waals surface area (Å²) >= 11 is 0. The van der Waals surface area contributed by atoms with Crippen LogP contribution in [-0.4, -0.2) is 4.57 Å². The van der Waals surface area contributed by atoms with Crippen LogP contribution in [0.15, 0.2) is 42.5 Å². The molecule has 0 bridgehead atoms. The Kier molecular flexibility index (Phi) is 2.22. The normalized spacial score (nSPS) is 11.8. The summed E-state index contributed by atoms with van der Waals surface area (Å²) in [5.41, 5.74) is 4.09. The molecule has 3 aromatic rings. The van der Waals surface area contributed by atoms with Gasteiger partial charge in [0.15, 0.2) is 0 Å². The molecule has 0 unspecified atom stereocenters. The van der Waals surface area contributed by atoms with Crippen molar-refractivity contribution in [3.8, 4) is 0 Å². The van der Waals surface area contributed by atoms with Crippen LogP contribution in [0, 0.1) is 0 Å². The highest BCUT2D eigenvalue weighted by atomic mass is 14.9. The lowest BCUT2D eigenvalue weighted by Crippen LogP contribution is -1.89. The molecule has 1 heteroatoms. The van der Waals surface area contributed by atoms with E-state index in [-0.39, 0.29) is 0 Å². The monoisotopic (exact) mass is 223 g/mol. The van der Waals surface area contributed by atoms with Gasteiger partial charge in [0.2, 0.25) is 0 Å². The largest absolute Gasteiger partial charge is 0.344 e. The van der Waals surface area contributed by atoms with Crippen molar-refractivity contribution >= 4 is 21.8 Å². The predicted molar refractivity (Wildman–Crippen MR) is 74.5 cm³/mol. The van der Waals surface area contributed by atoms with Gasteiger partial charge in [-0.05, 0) is 23.6 Å². The van der Waals surface area contributed by atoms with Crippen LogP contribution in [0.1, 0.15) is 25.3 Å². The molecule has 0 saturated heterocycles. The molecule has 0 aliphatic heterocycles. The fourth-order valence-corrected chi connectivity index (χ4v) is 2.72.